The van der Waals surface area contributed by atoms with Crippen LogP contribution in [0.15, 0.2) is 71.2 Å². The number of nitrogens with two attached hydrogens (primary N) is 1. The van der Waals surface area contributed by atoms with Crippen LogP contribution in [0, 0.1) is 22.6 Å². The fraction of sp³-hybridized carbons (Fsp3) is 0.240. The summed E-state index contributed by atoms with van der Waals surface area (Å²) >= 11 is 0. The Morgan fingerprint density at radius 3 is 2.50 bits per heavy atom. The Morgan fingerprint density at radius 1 is 1.09 bits per heavy atom. The van der Waals surface area contributed by atoms with Crippen LogP contribution in [0.2, 0.25) is 0 Å². The lowest BCUT2D eigenvalue weighted by molar-refractivity contribution is -0.123. The number of hydrogen-bond donors (Lipinski definition) is 2. The van der Waals surface area contributed by atoms with Crippen LogP contribution < -0.4 is 16.0 Å². The van der Waals surface area contributed by atoms with E-state index in [9.17, 15) is 19.2 Å². The molecule has 160 valence electrons. The molecular formula is C25H21FN4O2. The Labute approximate surface area is 184 Å². The number of hydrogen-bond acceptors (Lipinski definition) is 5. The maximum Gasteiger partial charge on any atom is 0.245 e. The molecule has 1 aliphatic carbocycles. The van der Waals surface area contributed by atoms with Crippen molar-refractivity contribution in [3.63, 3.8) is 0 Å². The Hall–Kier alpha value is -3.92. The van der Waals surface area contributed by atoms with E-state index in [4.69, 9.17) is 5.73 Å². The van der Waals surface area contributed by atoms with Gasteiger partial charge >= 0.3 is 0 Å². The van der Waals surface area contributed by atoms with Gasteiger partial charge in [0.05, 0.1) is 11.3 Å². The standard InChI is InChI=1S/C25H21FN4O2/c1-24(2)11-19-21(20(31)12-24)25(14-7-3-5-9-17(14)29-23(25)32)15(13-27)22(28)30(19)18-10-6-4-8-16(18)26/h3-10H,11-12,28H2,1-2H3,(H,29,32). The quantitative estimate of drug-likeness (QED) is 0.718. The van der Waals surface area contributed by atoms with Gasteiger partial charge in [-0.2, -0.15) is 5.26 Å². The lowest BCUT2D eigenvalue weighted by atomic mass is 9.61. The van der Waals surface area contributed by atoms with E-state index in [0.29, 0.717) is 23.4 Å². The summed E-state index contributed by atoms with van der Waals surface area (Å²) in [6, 6.07) is 15.2. The Balaban J connectivity index is 1.92. The number of fused-ring (bicyclic) bond motifs is 3. The average molecular weight is 428 g/mol. The first kappa shape index (κ1) is 20.0. The van der Waals surface area contributed by atoms with E-state index in [2.05, 4.69) is 11.4 Å². The molecule has 0 aromatic heterocycles. The summed E-state index contributed by atoms with van der Waals surface area (Å²) in [5.41, 5.74) is 6.22. The fourth-order valence-electron chi connectivity index (χ4n) is 5.28. The van der Waals surface area contributed by atoms with E-state index in [1.54, 1.807) is 42.5 Å². The number of halogens is 1. The predicted octanol–water partition coefficient (Wildman–Crippen LogP) is 3.87. The first-order valence-electron chi connectivity index (χ1n) is 10.3. The number of para-hydroxylation sites is 2. The van der Waals surface area contributed by atoms with E-state index < -0.39 is 22.6 Å². The second-order valence-electron chi connectivity index (χ2n) is 9.17. The number of ketones is 1. The molecule has 2 heterocycles. The molecule has 2 aliphatic heterocycles. The zero-order chi connectivity index (χ0) is 22.8. The van der Waals surface area contributed by atoms with Gasteiger partial charge in [-0.3, -0.25) is 14.5 Å². The summed E-state index contributed by atoms with van der Waals surface area (Å²) in [6.07, 6.45) is 0.589. The number of anilines is 2. The lowest BCUT2D eigenvalue weighted by Crippen LogP contribution is -2.52. The highest BCUT2D eigenvalue weighted by atomic mass is 19.1. The topological polar surface area (TPSA) is 99.2 Å². The molecule has 0 saturated carbocycles. The number of allylic oxidation sites excluding steroid dienone is 1. The molecule has 3 N–H and O–H groups in total. The highest BCUT2D eigenvalue weighted by Gasteiger charge is 2.61. The van der Waals surface area contributed by atoms with Crippen molar-refractivity contribution in [1.82, 2.24) is 0 Å². The SMILES string of the molecule is CC1(C)CC(=O)C2=C(C1)N(c1ccccc1F)C(N)=C(C#N)C21C(=O)Nc2ccccc21. The van der Waals surface area contributed by atoms with Crippen molar-refractivity contribution >= 4 is 23.1 Å². The minimum atomic E-state index is -1.65. The van der Waals surface area contributed by atoms with Crippen molar-refractivity contribution in [1.29, 1.82) is 5.26 Å². The maximum atomic E-state index is 14.9. The Morgan fingerprint density at radius 2 is 1.78 bits per heavy atom. The third kappa shape index (κ3) is 2.43. The molecule has 0 radical (unpaired) electrons. The summed E-state index contributed by atoms with van der Waals surface area (Å²) in [5.74, 6) is -1.33. The monoisotopic (exact) mass is 428 g/mol. The van der Waals surface area contributed by atoms with E-state index in [1.165, 1.54) is 11.0 Å². The van der Waals surface area contributed by atoms with Crippen molar-refractivity contribution < 1.29 is 14.0 Å². The molecule has 0 saturated heterocycles. The maximum absolute atomic E-state index is 14.9. The van der Waals surface area contributed by atoms with Gasteiger partial charge in [0.2, 0.25) is 5.91 Å². The van der Waals surface area contributed by atoms with Crippen LogP contribution in [-0.4, -0.2) is 11.7 Å². The Bertz CT molecular complexity index is 1320. The van der Waals surface area contributed by atoms with Crippen LogP contribution in [-0.2, 0) is 15.0 Å². The predicted molar refractivity (Wildman–Crippen MR) is 118 cm³/mol. The first-order chi connectivity index (χ1) is 15.2. The molecule has 0 bridgehead atoms. The minimum absolute atomic E-state index is 0.0475. The molecule has 1 atom stereocenters. The van der Waals surface area contributed by atoms with Crippen molar-refractivity contribution in [3.05, 3.63) is 82.6 Å². The summed E-state index contributed by atoms with van der Waals surface area (Å²) in [6.45, 7) is 3.90. The minimum Gasteiger partial charge on any atom is -0.384 e. The van der Waals surface area contributed by atoms with Crippen LogP contribution in [0.4, 0.5) is 15.8 Å². The number of nitriles is 1. The third-order valence-electron chi connectivity index (χ3n) is 6.49. The summed E-state index contributed by atoms with van der Waals surface area (Å²) in [5, 5.41) is 13.0. The van der Waals surface area contributed by atoms with Crippen LogP contribution in [0.1, 0.15) is 32.3 Å². The largest absolute Gasteiger partial charge is 0.384 e. The second-order valence-corrected chi connectivity index (χ2v) is 9.17. The highest BCUT2D eigenvalue weighted by molar-refractivity contribution is 6.20. The van der Waals surface area contributed by atoms with E-state index in [-0.39, 0.29) is 34.9 Å². The van der Waals surface area contributed by atoms with Crippen LogP contribution in [0.25, 0.3) is 0 Å². The van der Waals surface area contributed by atoms with Gasteiger partial charge in [0.15, 0.2) is 5.78 Å². The molecule has 32 heavy (non-hydrogen) atoms. The molecule has 1 spiro atoms. The molecule has 1 unspecified atom stereocenters. The van der Waals surface area contributed by atoms with Gasteiger partial charge in [-0.15, -0.1) is 0 Å². The first-order valence-corrected chi connectivity index (χ1v) is 10.3. The van der Waals surface area contributed by atoms with Crippen LogP contribution >= 0.6 is 0 Å². The van der Waals surface area contributed by atoms with E-state index in [0.717, 1.165) is 0 Å². The van der Waals surface area contributed by atoms with E-state index in [1.807, 2.05) is 13.8 Å². The number of Topliss-reactive ketones (excluding diaryl/α,β-unsaturated/α-hetero) is 1. The number of nitrogens with zero attached hydrogens (tertiary/aromatic N) is 2. The van der Waals surface area contributed by atoms with Gasteiger partial charge in [-0.05, 0) is 30.0 Å². The number of rotatable bonds is 1. The van der Waals surface area contributed by atoms with Crippen LogP contribution in [0.5, 0.6) is 0 Å². The summed E-state index contributed by atoms with van der Waals surface area (Å²) in [4.78, 5) is 28.7. The van der Waals surface area contributed by atoms with Gasteiger partial charge in [0.25, 0.3) is 0 Å². The van der Waals surface area contributed by atoms with Gasteiger partial charge in [-0.25, -0.2) is 4.39 Å². The molecule has 1 amide bonds. The number of amides is 1. The number of carbonyl (C=O) groups is 2. The smallest absolute Gasteiger partial charge is 0.245 e. The molecule has 6 nitrogen and oxygen atoms in total. The molecule has 2 aromatic rings. The van der Waals surface area contributed by atoms with E-state index >= 15 is 0 Å². The normalized spacial score (nSPS) is 23.8. The molecular weight excluding hydrogens is 407 g/mol. The van der Waals surface area contributed by atoms with Crippen molar-refractivity contribution in [2.75, 3.05) is 10.2 Å². The highest BCUT2D eigenvalue weighted by Crippen LogP contribution is 2.57. The molecule has 3 aliphatic rings. The van der Waals surface area contributed by atoms with Gasteiger partial charge in [-0.1, -0.05) is 44.2 Å². The van der Waals surface area contributed by atoms with Crippen molar-refractivity contribution in [2.24, 2.45) is 11.1 Å². The van der Waals surface area contributed by atoms with Gasteiger partial charge in [0, 0.05) is 28.9 Å². The second kappa shape index (κ2) is 6.54. The number of benzene rings is 2. The molecule has 0 fully saturated rings. The van der Waals surface area contributed by atoms with Gasteiger partial charge in [0.1, 0.15) is 23.1 Å². The molecule has 7 heteroatoms. The molecule has 5 rings (SSSR count). The molecule has 2 aromatic carbocycles. The Kier molecular flexibility index (Phi) is 4.09. The third-order valence-corrected chi connectivity index (χ3v) is 6.49. The summed E-state index contributed by atoms with van der Waals surface area (Å²) < 4.78 is 14.9. The fourth-order valence-corrected chi connectivity index (χ4v) is 5.28. The number of nitrogens with one attached hydrogen (secondary N) is 1. The van der Waals surface area contributed by atoms with Crippen molar-refractivity contribution in [3.8, 4) is 6.07 Å². The average Bonchev–Trinajstić information content (AvgIpc) is 3.01. The zero-order valence-electron chi connectivity index (χ0n) is 17.7. The van der Waals surface area contributed by atoms with Gasteiger partial charge < -0.3 is 11.1 Å². The zero-order valence-corrected chi connectivity index (χ0v) is 17.7. The van der Waals surface area contributed by atoms with Crippen molar-refractivity contribution in [2.45, 2.75) is 32.1 Å². The van der Waals surface area contributed by atoms with Crippen LogP contribution in [0.3, 0.4) is 0 Å². The number of carbonyl (C=O) groups excluding carboxylic acids is 2. The summed E-state index contributed by atoms with van der Waals surface area (Å²) in [7, 11) is 0. The lowest BCUT2D eigenvalue weighted by Gasteiger charge is -2.46.